The third-order valence-electron chi connectivity index (χ3n) is 3.88. The summed E-state index contributed by atoms with van der Waals surface area (Å²) in [6.45, 7) is 3.44. The summed E-state index contributed by atoms with van der Waals surface area (Å²) in [4.78, 5) is 15.7. The number of hydrogen-bond donors (Lipinski definition) is 0. The number of fused-ring (bicyclic) bond motifs is 1. The smallest absolute Gasteiger partial charge is 0.406 e. The summed E-state index contributed by atoms with van der Waals surface area (Å²) in [6, 6.07) is 5.53. The normalized spacial score (nSPS) is 25.4. The van der Waals surface area contributed by atoms with Gasteiger partial charge in [0, 0.05) is 18.8 Å². The zero-order valence-corrected chi connectivity index (χ0v) is 11.4. The summed E-state index contributed by atoms with van der Waals surface area (Å²) in [7, 11) is 0. The molecule has 2 heterocycles. The van der Waals surface area contributed by atoms with Crippen molar-refractivity contribution in [3.63, 3.8) is 0 Å². The molecule has 3 rings (SSSR count). The number of urea groups is 1. The number of anilines is 1. The highest BCUT2D eigenvalue weighted by Gasteiger charge is 2.43. The first-order valence-corrected chi connectivity index (χ1v) is 6.77. The molecule has 2 aliphatic rings. The maximum Gasteiger partial charge on any atom is 0.573 e. The van der Waals surface area contributed by atoms with E-state index in [0.29, 0.717) is 18.2 Å². The lowest BCUT2D eigenvalue weighted by Crippen LogP contribution is -2.32. The molecule has 0 spiro atoms. The zero-order valence-electron chi connectivity index (χ0n) is 11.4. The number of rotatable bonds is 2. The van der Waals surface area contributed by atoms with Gasteiger partial charge in [0.2, 0.25) is 0 Å². The molecule has 0 aliphatic carbocycles. The van der Waals surface area contributed by atoms with E-state index in [1.54, 1.807) is 4.90 Å². The fourth-order valence-electron chi connectivity index (χ4n) is 3.05. The van der Waals surface area contributed by atoms with E-state index >= 15 is 0 Å². The largest absolute Gasteiger partial charge is 0.573 e. The van der Waals surface area contributed by atoms with Crippen LogP contribution in [0.2, 0.25) is 0 Å². The van der Waals surface area contributed by atoms with E-state index in [-0.39, 0.29) is 17.8 Å². The third kappa shape index (κ3) is 2.77. The van der Waals surface area contributed by atoms with Crippen LogP contribution in [0.25, 0.3) is 0 Å². The van der Waals surface area contributed by atoms with Gasteiger partial charge in [-0.15, -0.1) is 13.2 Å². The first-order chi connectivity index (χ1) is 9.83. The van der Waals surface area contributed by atoms with Crippen LogP contribution < -0.4 is 9.64 Å². The van der Waals surface area contributed by atoms with Gasteiger partial charge < -0.3 is 9.64 Å². The topological polar surface area (TPSA) is 32.8 Å². The summed E-state index contributed by atoms with van der Waals surface area (Å²) in [5, 5.41) is 0. The Morgan fingerprint density at radius 3 is 2.43 bits per heavy atom. The monoisotopic (exact) mass is 300 g/mol. The van der Waals surface area contributed by atoms with Gasteiger partial charge in [0.25, 0.3) is 0 Å². The highest BCUT2D eigenvalue weighted by Crippen LogP contribution is 2.33. The van der Waals surface area contributed by atoms with E-state index in [0.717, 1.165) is 13.0 Å². The maximum absolute atomic E-state index is 12.3. The second kappa shape index (κ2) is 4.82. The third-order valence-corrected chi connectivity index (χ3v) is 3.88. The quantitative estimate of drug-likeness (QED) is 0.840. The number of ether oxygens (including phenoxy) is 1. The average Bonchev–Trinajstić information content (AvgIpc) is 2.87. The molecule has 0 saturated carbocycles. The number of carbonyl (C=O) groups is 1. The fourth-order valence-corrected chi connectivity index (χ4v) is 3.05. The van der Waals surface area contributed by atoms with Crippen LogP contribution in [-0.4, -0.2) is 36.4 Å². The maximum atomic E-state index is 12.3. The van der Waals surface area contributed by atoms with Crippen LogP contribution >= 0.6 is 0 Å². The minimum absolute atomic E-state index is 0.0751. The van der Waals surface area contributed by atoms with Crippen LogP contribution in [0.4, 0.5) is 23.7 Å². The van der Waals surface area contributed by atoms with Crippen LogP contribution in [0.15, 0.2) is 24.3 Å². The molecule has 2 amide bonds. The Morgan fingerprint density at radius 1 is 1.19 bits per heavy atom. The molecule has 2 fully saturated rings. The number of carbonyl (C=O) groups excluding carboxylic acids is 1. The van der Waals surface area contributed by atoms with Crippen LogP contribution in [0, 0.1) is 5.92 Å². The average molecular weight is 300 g/mol. The Morgan fingerprint density at radius 2 is 1.86 bits per heavy atom. The highest BCUT2D eigenvalue weighted by molar-refractivity contribution is 5.95. The second-order valence-corrected chi connectivity index (χ2v) is 5.58. The van der Waals surface area contributed by atoms with Gasteiger partial charge in [-0.2, -0.15) is 0 Å². The lowest BCUT2D eigenvalue weighted by Gasteiger charge is -2.18. The van der Waals surface area contributed by atoms with E-state index in [9.17, 15) is 18.0 Å². The number of amides is 2. The lowest BCUT2D eigenvalue weighted by molar-refractivity contribution is -0.274. The molecule has 2 saturated heterocycles. The number of benzene rings is 1. The molecule has 0 bridgehead atoms. The van der Waals surface area contributed by atoms with Crippen LogP contribution in [0.1, 0.15) is 13.3 Å². The molecule has 2 aliphatic heterocycles. The Labute approximate surface area is 120 Å². The van der Waals surface area contributed by atoms with E-state index < -0.39 is 6.36 Å². The van der Waals surface area contributed by atoms with Crippen LogP contribution in [0.3, 0.4) is 0 Å². The standard InChI is InChI=1S/C14H15F3N2O2/c1-9-6-11-8-19(13(20)18(11)7-9)10-2-4-12(5-3-10)21-14(15,16)17/h2-5,9,11H,6-8H2,1H3. The minimum atomic E-state index is -4.70. The minimum Gasteiger partial charge on any atom is -0.406 e. The van der Waals surface area contributed by atoms with Gasteiger partial charge in [-0.1, -0.05) is 6.92 Å². The SMILES string of the molecule is CC1CC2CN(c3ccc(OC(F)(F)F)cc3)C(=O)N2C1. The summed E-state index contributed by atoms with van der Waals surface area (Å²) in [5.74, 6) is 0.218. The van der Waals surface area contributed by atoms with Crippen molar-refractivity contribution in [2.24, 2.45) is 5.92 Å². The molecule has 114 valence electrons. The van der Waals surface area contributed by atoms with E-state index in [1.807, 2.05) is 4.90 Å². The Bertz CT molecular complexity index is 544. The first kappa shape index (κ1) is 14.0. The number of alkyl halides is 3. The van der Waals surface area contributed by atoms with Gasteiger partial charge in [0.1, 0.15) is 5.75 Å². The predicted molar refractivity (Wildman–Crippen MR) is 70.1 cm³/mol. The summed E-state index contributed by atoms with van der Waals surface area (Å²) < 4.78 is 40.1. The predicted octanol–water partition coefficient (Wildman–Crippen LogP) is 3.24. The van der Waals surface area contributed by atoms with Crippen LogP contribution in [-0.2, 0) is 0 Å². The van der Waals surface area contributed by atoms with Crippen molar-refractivity contribution in [1.82, 2.24) is 4.90 Å². The summed E-state index contributed by atoms with van der Waals surface area (Å²) in [5.41, 5.74) is 0.594. The van der Waals surface area contributed by atoms with Crippen molar-refractivity contribution in [3.8, 4) is 5.75 Å². The Kier molecular flexibility index (Phi) is 3.22. The lowest BCUT2D eigenvalue weighted by atomic mass is 10.1. The first-order valence-electron chi connectivity index (χ1n) is 6.77. The van der Waals surface area contributed by atoms with Gasteiger partial charge in [0.15, 0.2) is 0 Å². The van der Waals surface area contributed by atoms with Crippen molar-refractivity contribution in [2.75, 3.05) is 18.0 Å². The highest BCUT2D eigenvalue weighted by atomic mass is 19.4. The summed E-state index contributed by atoms with van der Waals surface area (Å²) in [6.07, 6.45) is -3.73. The molecule has 7 heteroatoms. The van der Waals surface area contributed by atoms with Gasteiger partial charge in [-0.3, -0.25) is 4.90 Å². The molecule has 21 heavy (non-hydrogen) atoms. The number of halogens is 3. The van der Waals surface area contributed by atoms with Crippen molar-refractivity contribution >= 4 is 11.7 Å². The molecule has 2 unspecified atom stereocenters. The Balaban J connectivity index is 1.72. The molecule has 0 aromatic heterocycles. The fraction of sp³-hybridized carbons (Fsp3) is 0.500. The van der Waals surface area contributed by atoms with Gasteiger partial charge in [-0.05, 0) is 36.6 Å². The van der Waals surface area contributed by atoms with E-state index in [1.165, 1.54) is 24.3 Å². The van der Waals surface area contributed by atoms with E-state index in [4.69, 9.17) is 0 Å². The molecular formula is C14H15F3N2O2. The van der Waals surface area contributed by atoms with Gasteiger partial charge >= 0.3 is 12.4 Å². The molecule has 0 radical (unpaired) electrons. The van der Waals surface area contributed by atoms with Crippen molar-refractivity contribution in [3.05, 3.63) is 24.3 Å². The van der Waals surface area contributed by atoms with Crippen molar-refractivity contribution < 1.29 is 22.7 Å². The molecular weight excluding hydrogens is 285 g/mol. The molecule has 1 aromatic rings. The molecule has 4 nitrogen and oxygen atoms in total. The van der Waals surface area contributed by atoms with Crippen LogP contribution in [0.5, 0.6) is 5.75 Å². The van der Waals surface area contributed by atoms with Gasteiger partial charge in [0.05, 0.1) is 6.04 Å². The van der Waals surface area contributed by atoms with Gasteiger partial charge in [-0.25, -0.2) is 4.79 Å². The van der Waals surface area contributed by atoms with E-state index in [2.05, 4.69) is 11.7 Å². The Hall–Kier alpha value is -1.92. The second-order valence-electron chi connectivity index (χ2n) is 5.58. The number of hydrogen-bond acceptors (Lipinski definition) is 2. The molecule has 2 atom stereocenters. The molecule has 0 N–H and O–H groups in total. The van der Waals surface area contributed by atoms with Crippen molar-refractivity contribution in [1.29, 1.82) is 0 Å². The number of nitrogens with zero attached hydrogens (tertiary/aromatic N) is 2. The summed E-state index contributed by atoms with van der Waals surface area (Å²) >= 11 is 0. The zero-order chi connectivity index (χ0) is 15.2. The molecule has 1 aromatic carbocycles. The van der Waals surface area contributed by atoms with Crippen molar-refractivity contribution in [2.45, 2.75) is 25.7 Å².